The summed E-state index contributed by atoms with van der Waals surface area (Å²) in [5, 5.41) is 9.38. The topological polar surface area (TPSA) is 120 Å². The van der Waals surface area contributed by atoms with Gasteiger partial charge in [0.05, 0.1) is 40.6 Å². The first-order valence-electron chi connectivity index (χ1n) is 12.9. The van der Waals surface area contributed by atoms with Gasteiger partial charge >= 0.3 is 11.9 Å². The van der Waals surface area contributed by atoms with Crippen molar-refractivity contribution >= 4 is 29.4 Å². The molecule has 0 spiro atoms. The minimum Gasteiger partial charge on any atom is -0.497 e. The Morgan fingerprint density at radius 3 is 2.49 bits per heavy atom. The average molecular weight is 573 g/mol. The molecule has 0 unspecified atom stereocenters. The fourth-order valence-corrected chi connectivity index (χ4v) is 5.71. The maximum atomic E-state index is 13.8. The molecular formula is C31H28N2O7S. The number of nitrogens with zero attached hydrogens (tertiary/aromatic N) is 2. The van der Waals surface area contributed by atoms with Gasteiger partial charge in [0.1, 0.15) is 17.3 Å². The van der Waals surface area contributed by atoms with Crippen molar-refractivity contribution in [2.24, 2.45) is 4.99 Å². The number of benzene rings is 2. The van der Waals surface area contributed by atoms with Gasteiger partial charge in [-0.3, -0.25) is 9.36 Å². The molecular weight excluding hydrogens is 544 g/mol. The van der Waals surface area contributed by atoms with Crippen LogP contribution in [0.5, 0.6) is 5.75 Å². The Morgan fingerprint density at radius 1 is 1.10 bits per heavy atom. The lowest BCUT2D eigenvalue weighted by atomic mass is 9.96. The van der Waals surface area contributed by atoms with Crippen LogP contribution in [0.2, 0.25) is 0 Å². The molecule has 0 bridgehead atoms. The number of furan rings is 1. The molecule has 10 heteroatoms. The maximum absolute atomic E-state index is 13.8. The molecule has 1 aliphatic rings. The molecule has 0 fully saturated rings. The second-order valence-corrected chi connectivity index (χ2v) is 10.9. The van der Waals surface area contributed by atoms with E-state index in [-0.39, 0.29) is 22.8 Å². The third-order valence-corrected chi connectivity index (χ3v) is 7.65. The standard InChI is InChI=1S/C31H28N2O7S/c1-16(2)39-30(37)26-18(4)32-31-33(27(26)19-8-10-21(38-5)11-9-19)28(34)25(41-31)15-22-12-13-24(40-22)23-14-20(29(35)36)7-6-17(23)3/h6-16,27H,1-5H3,(H,35,36)/b25-15+/t27-/m1/s1. The normalized spacial score (nSPS) is 15.1. The predicted molar refractivity (Wildman–Crippen MR) is 154 cm³/mol. The molecule has 1 aliphatic heterocycles. The quantitative estimate of drug-likeness (QED) is 0.325. The van der Waals surface area contributed by atoms with Crippen LogP contribution in [0.15, 0.2) is 80.1 Å². The van der Waals surface area contributed by atoms with Gasteiger partial charge in [0.2, 0.25) is 0 Å². The van der Waals surface area contributed by atoms with E-state index in [0.717, 1.165) is 5.56 Å². The molecule has 5 rings (SSSR count). The minimum absolute atomic E-state index is 0.151. The van der Waals surface area contributed by atoms with Gasteiger partial charge in [0.15, 0.2) is 4.80 Å². The highest BCUT2D eigenvalue weighted by molar-refractivity contribution is 7.07. The number of allylic oxidation sites excluding steroid dienone is 1. The molecule has 9 nitrogen and oxygen atoms in total. The van der Waals surface area contributed by atoms with Gasteiger partial charge in [-0.25, -0.2) is 14.6 Å². The molecule has 1 N–H and O–H groups in total. The monoisotopic (exact) mass is 572 g/mol. The summed E-state index contributed by atoms with van der Waals surface area (Å²) in [6, 6.07) is 14.7. The van der Waals surface area contributed by atoms with Crippen LogP contribution in [0.1, 0.15) is 54.1 Å². The summed E-state index contributed by atoms with van der Waals surface area (Å²) in [6.45, 7) is 7.13. The minimum atomic E-state index is -1.03. The lowest BCUT2D eigenvalue weighted by Crippen LogP contribution is -2.40. The summed E-state index contributed by atoms with van der Waals surface area (Å²) in [4.78, 5) is 43.6. The highest BCUT2D eigenvalue weighted by atomic mass is 32.1. The Morgan fingerprint density at radius 2 is 1.83 bits per heavy atom. The number of carbonyl (C=O) groups excluding carboxylic acids is 1. The number of ether oxygens (including phenoxy) is 2. The zero-order chi connectivity index (χ0) is 29.4. The third kappa shape index (κ3) is 5.38. The van der Waals surface area contributed by atoms with Crippen LogP contribution in [0.4, 0.5) is 0 Å². The lowest BCUT2D eigenvalue weighted by molar-refractivity contribution is -0.143. The highest BCUT2D eigenvalue weighted by Gasteiger charge is 2.33. The predicted octanol–water partition coefficient (Wildman–Crippen LogP) is 4.46. The SMILES string of the molecule is COc1ccc([C@@H]2C(C(=O)OC(C)C)=C(C)N=c3s/c(=C/c4ccc(-c5cc(C(=O)O)ccc5C)o4)c(=O)n32)cc1. The van der Waals surface area contributed by atoms with Crippen molar-refractivity contribution in [3.63, 3.8) is 0 Å². The molecule has 210 valence electrons. The number of aryl methyl sites for hydroxylation is 1. The number of carboxylic acid groups (broad SMARTS) is 1. The Hall–Kier alpha value is -4.70. The van der Waals surface area contributed by atoms with Gasteiger partial charge in [-0.1, -0.05) is 29.5 Å². The zero-order valence-electron chi connectivity index (χ0n) is 23.1. The maximum Gasteiger partial charge on any atom is 0.338 e. The number of aromatic nitrogens is 1. The molecule has 2 aromatic heterocycles. The van der Waals surface area contributed by atoms with E-state index in [9.17, 15) is 19.5 Å². The van der Waals surface area contributed by atoms with Gasteiger partial charge in [0, 0.05) is 11.6 Å². The number of esters is 1. The van der Waals surface area contributed by atoms with Crippen LogP contribution < -0.4 is 19.6 Å². The van der Waals surface area contributed by atoms with E-state index in [1.165, 1.54) is 22.0 Å². The number of aromatic carboxylic acids is 1. The van der Waals surface area contributed by atoms with Crippen molar-refractivity contribution in [2.75, 3.05) is 7.11 Å². The smallest absolute Gasteiger partial charge is 0.338 e. The molecule has 4 aromatic rings. The van der Waals surface area contributed by atoms with Crippen LogP contribution in [0.25, 0.3) is 17.4 Å². The number of rotatable bonds is 7. The summed E-state index contributed by atoms with van der Waals surface area (Å²) in [7, 11) is 1.57. The summed E-state index contributed by atoms with van der Waals surface area (Å²) >= 11 is 1.19. The van der Waals surface area contributed by atoms with Crippen molar-refractivity contribution in [3.05, 3.63) is 108 Å². The largest absolute Gasteiger partial charge is 0.497 e. The van der Waals surface area contributed by atoms with Gasteiger partial charge < -0.3 is 19.0 Å². The Bertz CT molecular complexity index is 1870. The van der Waals surface area contributed by atoms with Crippen molar-refractivity contribution in [2.45, 2.75) is 39.8 Å². The van der Waals surface area contributed by atoms with E-state index in [0.29, 0.717) is 43.4 Å². The van der Waals surface area contributed by atoms with E-state index in [1.807, 2.05) is 19.1 Å². The summed E-state index contributed by atoms with van der Waals surface area (Å²) < 4.78 is 18.7. The van der Waals surface area contributed by atoms with E-state index < -0.39 is 18.0 Å². The highest BCUT2D eigenvalue weighted by Crippen LogP contribution is 2.32. The molecule has 0 saturated heterocycles. The Balaban J connectivity index is 1.62. The Labute approximate surface area is 239 Å². The van der Waals surface area contributed by atoms with Crippen molar-refractivity contribution in [1.82, 2.24) is 4.57 Å². The first kappa shape index (κ1) is 27.9. The molecule has 0 saturated carbocycles. The van der Waals surface area contributed by atoms with Crippen molar-refractivity contribution in [1.29, 1.82) is 0 Å². The Kier molecular flexibility index (Phi) is 7.51. The van der Waals surface area contributed by atoms with Crippen LogP contribution >= 0.6 is 11.3 Å². The average Bonchev–Trinajstić information content (AvgIpc) is 3.51. The van der Waals surface area contributed by atoms with Gasteiger partial charge in [-0.05, 0) is 75.2 Å². The fourth-order valence-electron chi connectivity index (χ4n) is 4.69. The summed E-state index contributed by atoms with van der Waals surface area (Å²) in [6.07, 6.45) is 1.28. The summed E-state index contributed by atoms with van der Waals surface area (Å²) in [5.41, 5.74) is 2.78. The molecule has 1 atom stereocenters. The number of hydrogen-bond acceptors (Lipinski definition) is 8. The molecule has 2 aromatic carbocycles. The number of carboxylic acids is 1. The fraction of sp³-hybridized carbons (Fsp3) is 0.226. The number of fused-ring (bicyclic) bond motifs is 1. The van der Waals surface area contributed by atoms with Crippen LogP contribution in [0, 0.1) is 6.92 Å². The second kappa shape index (κ2) is 11.1. The van der Waals surface area contributed by atoms with Gasteiger partial charge in [0.25, 0.3) is 5.56 Å². The zero-order valence-corrected chi connectivity index (χ0v) is 23.9. The molecule has 41 heavy (non-hydrogen) atoms. The summed E-state index contributed by atoms with van der Waals surface area (Å²) in [5.74, 6) is -0.0220. The number of thiazole rings is 1. The molecule has 0 aliphatic carbocycles. The van der Waals surface area contributed by atoms with Gasteiger partial charge in [-0.2, -0.15) is 0 Å². The lowest BCUT2D eigenvalue weighted by Gasteiger charge is -2.25. The first-order valence-corrected chi connectivity index (χ1v) is 13.7. The molecule has 3 heterocycles. The van der Waals surface area contributed by atoms with Crippen LogP contribution in [-0.4, -0.2) is 34.8 Å². The van der Waals surface area contributed by atoms with E-state index in [2.05, 4.69) is 4.99 Å². The molecule has 0 amide bonds. The second-order valence-electron chi connectivity index (χ2n) is 9.85. The number of carbonyl (C=O) groups is 2. The molecule has 0 radical (unpaired) electrons. The first-order chi connectivity index (χ1) is 19.6. The number of methoxy groups -OCH3 is 1. The van der Waals surface area contributed by atoms with Crippen molar-refractivity contribution < 1.29 is 28.6 Å². The number of hydrogen-bond donors (Lipinski definition) is 1. The van der Waals surface area contributed by atoms with Crippen LogP contribution in [-0.2, 0) is 9.53 Å². The third-order valence-electron chi connectivity index (χ3n) is 6.67. The van der Waals surface area contributed by atoms with Gasteiger partial charge in [-0.15, -0.1) is 0 Å². The van der Waals surface area contributed by atoms with E-state index in [1.54, 1.807) is 70.4 Å². The van der Waals surface area contributed by atoms with Crippen molar-refractivity contribution in [3.8, 4) is 17.1 Å². The van der Waals surface area contributed by atoms with E-state index in [4.69, 9.17) is 13.9 Å². The van der Waals surface area contributed by atoms with E-state index >= 15 is 0 Å². The van der Waals surface area contributed by atoms with Crippen LogP contribution in [0.3, 0.4) is 0 Å².